The molecule has 0 radical (unpaired) electrons. The number of benzene rings is 1. The summed E-state index contributed by atoms with van der Waals surface area (Å²) in [5, 5.41) is 3.78. The summed E-state index contributed by atoms with van der Waals surface area (Å²) in [7, 11) is 0. The van der Waals surface area contributed by atoms with Crippen molar-refractivity contribution in [3.8, 4) is 0 Å². The van der Waals surface area contributed by atoms with E-state index in [1.54, 1.807) is 5.01 Å². The number of aryl methyl sites for hydroxylation is 1. The number of Topliss-reactive ketones (excluding diaryl/α,β-unsaturated/α-hetero) is 1. The van der Waals surface area contributed by atoms with E-state index in [1.807, 2.05) is 43.1 Å². The number of carbonyl (C=O) groups excluding carboxylic acids is 3. The topological polar surface area (TPSA) is 66.9 Å². The van der Waals surface area contributed by atoms with E-state index in [2.05, 4.69) is 6.92 Å². The third-order valence-electron chi connectivity index (χ3n) is 5.26. The molecule has 1 fully saturated rings. The van der Waals surface area contributed by atoms with Gasteiger partial charge in [0, 0.05) is 38.8 Å². The van der Waals surface area contributed by atoms with Gasteiger partial charge in [-0.05, 0) is 37.8 Å². The summed E-state index contributed by atoms with van der Waals surface area (Å²) in [5.74, 6) is 0.202. The Balaban J connectivity index is 1.82. The van der Waals surface area contributed by atoms with Crippen molar-refractivity contribution in [3.05, 3.63) is 35.4 Å². The van der Waals surface area contributed by atoms with Crippen molar-refractivity contribution in [1.82, 2.24) is 10.0 Å². The van der Waals surface area contributed by atoms with Crippen molar-refractivity contribution < 1.29 is 19.1 Å². The summed E-state index contributed by atoms with van der Waals surface area (Å²) in [6, 6.07) is 8.01. The first kappa shape index (κ1) is 24.1. The van der Waals surface area contributed by atoms with E-state index in [1.165, 1.54) is 0 Å². The minimum atomic E-state index is -0.184. The molecule has 0 N–H and O–H groups in total. The molecule has 6 heteroatoms. The molecule has 0 aliphatic carbocycles. The summed E-state index contributed by atoms with van der Waals surface area (Å²) in [6.07, 6.45) is 5.72. The normalized spacial score (nSPS) is 14.5. The molecule has 6 nitrogen and oxygen atoms in total. The van der Waals surface area contributed by atoms with Crippen LogP contribution in [0.2, 0.25) is 0 Å². The Morgan fingerprint density at radius 3 is 2.40 bits per heavy atom. The van der Waals surface area contributed by atoms with Crippen LogP contribution in [0.1, 0.15) is 76.8 Å². The SMILES string of the molecule is CCCCCC(=O)CCN1CCC(=O)N1Cc1ccc(CCC(=O)OC(C)C)cc1. The predicted octanol–water partition coefficient (Wildman–Crippen LogP) is 4.06. The average molecular weight is 417 g/mol. The molecule has 0 spiro atoms. The Morgan fingerprint density at radius 2 is 1.73 bits per heavy atom. The molecular weight excluding hydrogens is 380 g/mol. The molecule has 0 atom stereocenters. The van der Waals surface area contributed by atoms with Gasteiger partial charge in [-0.15, -0.1) is 0 Å². The molecule has 1 heterocycles. The highest BCUT2D eigenvalue weighted by Crippen LogP contribution is 2.18. The molecule has 1 aromatic carbocycles. The molecule has 1 aliphatic heterocycles. The third-order valence-corrected chi connectivity index (χ3v) is 5.26. The molecule has 1 aromatic rings. The molecule has 0 aromatic heterocycles. The highest BCUT2D eigenvalue weighted by atomic mass is 16.5. The largest absolute Gasteiger partial charge is 0.463 e. The number of ketones is 1. The average Bonchev–Trinajstić information content (AvgIpc) is 3.05. The second kappa shape index (κ2) is 12.5. The van der Waals surface area contributed by atoms with Crippen LogP contribution in [0.15, 0.2) is 24.3 Å². The summed E-state index contributed by atoms with van der Waals surface area (Å²) in [5.41, 5.74) is 2.11. The molecule has 1 saturated heterocycles. The third kappa shape index (κ3) is 8.27. The minimum absolute atomic E-state index is 0.0903. The summed E-state index contributed by atoms with van der Waals surface area (Å²) in [4.78, 5) is 36.1. The molecule has 0 unspecified atom stereocenters. The maximum absolute atomic E-state index is 12.3. The van der Waals surface area contributed by atoms with Gasteiger partial charge in [0.05, 0.1) is 12.6 Å². The number of nitrogens with zero attached hydrogens (tertiary/aromatic N) is 2. The maximum atomic E-state index is 12.3. The van der Waals surface area contributed by atoms with Gasteiger partial charge < -0.3 is 4.74 Å². The van der Waals surface area contributed by atoms with E-state index in [-0.39, 0.29) is 23.8 Å². The van der Waals surface area contributed by atoms with Crippen molar-refractivity contribution >= 4 is 17.7 Å². The number of unbranched alkanes of at least 4 members (excludes halogenated alkanes) is 2. The smallest absolute Gasteiger partial charge is 0.306 e. The van der Waals surface area contributed by atoms with Crippen LogP contribution in [-0.4, -0.2) is 46.9 Å². The van der Waals surface area contributed by atoms with Gasteiger partial charge in [-0.1, -0.05) is 44.0 Å². The molecular formula is C24H36N2O4. The van der Waals surface area contributed by atoms with Crippen LogP contribution in [0.4, 0.5) is 0 Å². The van der Waals surface area contributed by atoms with Crippen molar-refractivity contribution in [2.75, 3.05) is 13.1 Å². The van der Waals surface area contributed by atoms with Gasteiger partial charge in [-0.3, -0.25) is 19.4 Å². The van der Waals surface area contributed by atoms with E-state index in [0.717, 1.165) is 30.4 Å². The van der Waals surface area contributed by atoms with E-state index in [0.29, 0.717) is 51.7 Å². The maximum Gasteiger partial charge on any atom is 0.306 e. The standard InChI is InChI=1S/C24H36N2O4/c1-4-5-6-7-22(27)14-16-25-17-15-23(28)26(25)18-21-10-8-20(9-11-21)12-13-24(29)30-19(2)3/h8-11,19H,4-7,12-18H2,1-3H3. The Morgan fingerprint density at radius 1 is 1.03 bits per heavy atom. The lowest BCUT2D eigenvalue weighted by molar-refractivity contribution is -0.147. The molecule has 0 bridgehead atoms. The second-order valence-corrected chi connectivity index (χ2v) is 8.26. The van der Waals surface area contributed by atoms with Gasteiger partial charge in [0.2, 0.25) is 5.91 Å². The fraction of sp³-hybridized carbons (Fsp3) is 0.625. The second-order valence-electron chi connectivity index (χ2n) is 8.26. The fourth-order valence-electron chi connectivity index (χ4n) is 3.56. The Hall–Kier alpha value is -2.21. The Kier molecular flexibility index (Phi) is 10.0. The number of hydrazine groups is 1. The van der Waals surface area contributed by atoms with Crippen LogP contribution in [0.25, 0.3) is 0 Å². The zero-order valence-electron chi connectivity index (χ0n) is 18.7. The zero-order valence-corrected chi connectivity index (χ0v) is 18.7. The highest BCUT2D eigenvalue weighted by molar-refractivity contribution is 5.79. The van der Waals surface area contributed by atoms with Crippen LogP contribution in [0.3, 0.4) is 0 Å². The van der Waals surface area contributed by atoms with Gasteiger partial charge in [-0.25, -0.2) is 5.01 Å². The van der Waals surface area contributed by atoms with E-state index in [4.69, 9.17) is 4.74 Å². The summed E-state index contributed by atoms with van der Waals surface area (Å²) in [6.45, 7) is 7.62. The lowest BCUT2D eigenvalue weighted by atomic mass is 10.1. The van der Waals surface area contributed by atoms with Gasteiger partial charge in [0.1, 0.15) is 5.78 Å². The van der Waals surface area contributed by atoms with Crippen molar-refractivity contribution in [2.24, 2.45) is 0 Å². The molecule has 1 aliphatic rings. The van der Waals surface area contributed by atoms with Crippen LogP contribution < -0.4 is 0 Å². The number of carbonyl (C=O) groups is 3. The van der Waals surface area contributed by atoms with Crippen LogP contribution in [-0.2, 0) is 32.1 Å². The van der Waals surface area contributed by atoms with Gasteiger partial charge in [0.25, 0.3) is 0 Å². The highest BCUT2D eigenvalue weighted by Gasteiger charge is 2.28. The van der Waals surface area contributed by atoms with Gasteiger partial charge in [-0.2, -0.15) is 0 Å². The number of esters is 1. The zero-order chi connectivity index (χ0) is 21.9. The van der Waals surface area contributed by atoms with Gasteiger partial charge >= 0.3 is 5.97 Å². The first-order chi connectivity index (χ1) is 14.4. The molecule has 1 amide bonds. The van der Waals surface area contributed by atoms with Crippen molar-refractivity contribution in [3.63, 3.8) is 0 Å². The lowest BCUT2D eigenvalue weighted by Gasteiger charge is -2.28. The van der Waals surface area contributed by atoms with Crippen LogP contribution >= 0.6 is 0 Å². The fourth-order valence-corrected chi connectivity index (χ4v) is 3.56. The number of rotatable bonds is 13. The predicted molar refractivity (Wildman–Crippen MR) is 116 cm³/mol. The molecule has 166 valence electrons. The summed E-state index contributed by atoms with van der Waals surface area (Å²) >= 11 is 0. The summed E-state index contributed by atoms with van der Waals surface area (Å²) < 4.78 is 5.16. The first-order valence-electron chi connectivity index (χ1n) is 11.2. The lowest BCUT2D eigenvalue weighted by Crippen LogP contribution is -2.39. The monoisotopic (exact) mass is 416 g/mol. The number of hydrogen-bond donors (Lipinski definition) is 0. The molecule has 30 heavy (non-hydrogen) atoms. The number of ether oxygens (including phenoxy) is 1. The molecule has 2 rings (SSSR count). The van der Waals surface area contributed by atoms with E-state index >= 15 is 0 Å². The van der Waals surface area contributed by atoms with Crippen molar-refractivity contribution in [2.45, 2.75) is 84.8 Å². The number of hydrogen-bond acceptors (Lipinski definition) is 5. The van der Waals surface area contributed by atoms with E-state index < -0.39 is 0 Å². The van der Waals surface area contributed by atoms with Crippen LogP contribution in [0, 0.1) is 0 Å². The minimum Gasteiger partial charge on any atom is -0.463 e. The Labute approximate surface area is 180 Å². The van der Waals surface area contributed by atoms with E-state index in [9.17, 15) is 14.4 Å². The quantitative estimate of drug-likeness (QED) is 0.358. The van der Waals surface area contributed by atoms with Crippen molar-refractivity contribution in [1.29, 1.82) is 0 Å². The first-order valence-corrected chi connectivity index (χ1v) is 11.2. The van der Waals surface area contributed by atoms with Crippen LogP contribution in [0.5, 0.6) is 0 Å². The molecule has 0 saturated carbocycles. The van der Waals surface area contributed by atoms with Gasteiger partial charge in [0.15, 0.2) is 0 Å². The number of amides is 1. The Bertz CT molecular complexity index is 700.